The highest BCUT2D eigenvalue weighted by Gasteiger charge is 2.37. The summed E-state index contributed by atoms with van der Waals surface area (Å²) in [7, 11) is 1.19. The number of nitrogens with zero attached hydrogens (tertiary/aromatic N) is 1. The Kier molecular flexibility index (Phi) is 2.92. The summed E-state index contributed by atoms with van der Waals surface area (Å²) in [6.45, 7) is 0. The van der Waals surface area contributed by atoms with E-state index in [1.807, 2.05) is 5.32 Å². The maximum atomic E-state index is 13.2. The summed E-state index contributed by atoms with van der Waals surface area (Å²) in [5.74, 6) is -2.59. The number of hydrogen-bond acceptors (Lipinski definition) is 2. The minimum absolute atomic E-state index is 0.681. The number of aromatic nitrogens is 1. The normalized spacial score (nSPS) is 11.3. The quantitative estimate of drug-likeness (QED) is 0.733. The van der Waals surface area contributed by atoms with Crippen LogP contribution in [0.25, 0.3) is 0 Å². The van der Waals surface area contributed by atoms with Crippen molar-refractivity contribution in [3.63, 3.8) is 0 Å². The van der Waals surface area contributed by atoms with Crippen LogP contribution in [0.4, 0.5) is 17.6 Å². The molecule has 0 aliphatic carbocycles. The first kappa shape index (κ1) is 11.4. The van der Waals surface area contributed by atoms with E-state index in [9.17, 15) is 22.4 Å². The minimum Gasteiger partial charge on any atom is -0.355 e. The number of hydrogen-bond donors (Lipinski definition) is 1. The van der Waals surface area contributed by atoms with Crippen molar-refractivity contribution in [2.24, 2.45) is 0 Å². The fraction of sp³-hybridized carbons (Fsp3) is 0.250. The van der Waals surface area contributed by atoms with Crippen LogP contribution in [-0.4, -0.2) is 17.9 Å². The molecule has 1 aromatic heterocycles. The molecule has 0 aliphatic rings. The van der Waals surface area contributed by atoms with Crippen LogP contribution in [-0.2, 0) is 6.18 Å². The standard InChI is InChI=1S/C8H6F4N2O/c1-13-7(15)4-2-3-14-6(5(4)9)8(10,11)12/h2-3H,1H3,(H,13,15). The smallest absolute Gasteiger partial charge is 0.355 e. The van der Waals surface area contributed by atoms with Crippen LogP contribution >= 0.6 is 0 Å². The molecule has 1 N–H and O–H groups in total. The topological polar surface area (TPSA) is 42.0 Å². The van der Waals surface area contributed by atoms with Gasteiger partial charge in [0.15, 0.2) is 11.5 Å². The van der Waals surface area contributed by atoms with E-state index >= 15 is 0 Å². The number of pyridine rings is 1. The lowest BCUT2D eigenvalue weighted by atomic mass is 10.2. The number of carbonyl (C=O) groups excluding carboxylic acids is 1. The molecule has 0 spiro atoms. The van der Waals surface area contributed by atoms with Gasteiger partial charge >= 0.3 is 6.18 Å². The molecule has 0 saturated carbocycles. The predicted molar refractivity (Wildman–Crippen MR) is 42.6 cm³/mol. The zero-order valence-corrected chi connectivity index (χ0v) is 7.52. The van der Waals surface area contributed by atoms with Gasteiger partial charge in [-0.15, -0.1) is 0 Å². The number of carbonyl (C=O) groups is 1. The lowest BCUT2D eigenvalue weighted by molar-refractivity contribution is -0.143. The van der Waals surface area contributed by atoms with E-state index in [0.717, 1.165) is 12.3 Å². The van der Waals surface area contributed by atoms with Gasteiger partial charge in [-0.1, -0.05) is 0 Å². The Hall–Kier alpha value is -1.66. The van der Waals surface area contributed by atoms with Crippen molar-refractivity contribution >= 4 is 5.91 Å². The van der Waals surface area contributed by atoms with E-state index in [0.29, 0.717) is 0 Å². The van der Waals surface area contributed by atoms with Crippen molar-refractivity contribution in [3.8, 4) is 0 Å². The molecule has 0 saturated heterocycles. The van der Waals surface area contributed by atoms with Crippen LogP contribution < -0.4 is 5.32 Å². The Morgan fingerprint density at radius 1 is 1.47 bits per heavy atom. The summed E-state index contributed by atoms with van der Waals surface area (Å²) in [5, 5.41) is 2.03. The van der Waals surface area contributed by atoms with Crippen LogP contribution in [0, 0.1) is 5.82 Å². The van der Waals surface area contributed by atoms with Gasteiger partial charge in [0.25, 0.3) is 5.91 Å². The molecule has 0 aromatic carbocycles. The molecule has 1 heterocycles. The summed E-state index contributed by atoms with van der Waals surface area (Å²) >= 11 is 0. The van der Waals surface area contributed by atoms with Gasteiger partial charge in [0, 0.05) is 13.2 Å². The SMILES string of the molecule is CNC(=O)c1ccnc(C(F)(F)F)c1F. The molecular formula is C8H6F4N2O. The lowest BCUT2D eigenvalue weighted by Crippen LogP contribution is -2.22. The van der Waals surface area contributed by atoms with Gasteiger partial charge in [-0.2, -0.15) is 13.2 Å². The average molecular weight is 222 g/mol. The first-order valence-electron chi connectivity index (χ1n) is 3.81. The molecule has 1 aromatic rings. The fourth-order valence-electron chi connectivity index (χ4n) is 0.951. The van der Waals surface area contributed by atoms with E-state index in [1.54, 1.807) is 0 Å². The van der Waals surface area contributed by atoms with Crippen molar-refractivity contribution in [2.45, 2.75) is 6.18 Å². The van der Waals surface area contributed by atoms with E-state index in [-0.39, 0.29) is 0 Å². The predicted octanol–water partition coefficient (Wildman–Crippen LogP) is 1.60. The molecule has 3 nitrogen and oxygen atoms in total. The molecule has 1 rings (SSSR count). The number of halogens is 4. The van der Waals surface area contributed by atoms with Crippen LogP contribution in [0.2, 0.25) is 0 Å². The third-order valence-electron chi connectivity index (χ3n) is 1.63. The molecule has 1 amide bonds. The number of nitrogens with one attached hydrogen (secondary N) is 1. The van der Waals surface area contributed by atoms with Crippen molar-refractivity contribution in [2.75, 3.05) is 7.05 Å². The Morgan fingerprint density at radius 3 is 2.53 bits per heavy atom. The molecule has 0 fully saturated rings. The second-order valence-corrected chi connectivity index (χ2v) is 2.60. The van der Waals surface area contributed by atoms with E-state index in [4.69, 9.17) is 0 Å². The third kappa shape index (κ3) is 2.23. The monoisotopic (exact) mass is 222 g/mol. The zero-order chi connectivity index (χ0) is 11.6. The van der Waals surface area contributed by atoms with Gasteiger partial charge in [0.1, 0.15) is 0 Å². The van der Waals surface area contributed by atoms with Crippen molar-refractivity contribution < 1.29 is 22.4 Å². The maximum Gasteiger partial charge on any atom is 0.436 e. The minimum atomic E-state index is -4.91. The Balaban J connectivity index is 3.30. The first-order valence-corrected chi connectivity index (χ1v) is 3.81. The van der Waals surface area contributed by atoms with Crippen LogP contribution in [0.15, 0.2) is 12.3 Å². The average Bonchev–Trinajstić information content (AvgIpc) is 2.15. The lowest BCUT2D eigenvalue weighted by Gasteiger charge is -2.08. The highest BCUT2D eigenvalue weighted by atomic mass is 19.4. The Morgan fingerprint density at radius 2 is 2.07 bits per heavy atom. The molecule has 82 valence electrons. The number of amides is 1. The second-order valence-electron chi connectivity index (χ2n) is 2.60. The number of rotatable bonds is 1. The highest BCUT2D eigenvalue weighted by molar-refractivity contribution is 5.94. The summed E-state index contributed by atoms with van der Waals surface area (Å²) < 4.78 is 49.6. The summed E-state index contributed by atoms with van der Waals surface area (Å²) in [5.41, 5.74) is -2.37. The van der Waals surface area contributed by atoms with Crippen LogP contribution in [0.3, 0.4) is 0 Å². The van der Waals surface area contributed by atoms with Crippen LogP contribution in [0.5, 0.6) is 0 Å². The highest BCUT2D eigenvalue weighted by Crippen LogP contribution is 2.30. The van der Waals surface area contributed by atoms with Gasteiger partial charge in [-0.25, -0.2) is 9.37 Å². The van der Waals surface area contributed by atoms with E-state index < -0.39 is 29.2 Å². The van der Waals surface area contributed by atoms with Crippen molar-refractivity contribution in [1.29, 1.82) is 0 Å². The molecule has 0 atom stereocenters. The third-order valence-corrected chi connectivity index (χ3v) is 1.63. The molecule has 0 bridgehead atoms. The van der Waals surface area contributed by atoms with Crippen LogP contribution in [0.1, 0.15) is 16.1 Å². The largest absolute Gasteiger partial charge is 0.436 e. The van der Waals surface area contributed by atoms with Gasteiger partial charge in [0.05, 0.1) is 5.56 Å². The molecule has 15 heavy (non-hydrogen) atoms. The van der Waals surface area contributed by atoms with Gasteiger partial charge in [-0.3, -0.25) is 4.79 Å². The maximum absolute atomic E-state index is 13.2. The van der Waals surface area contributed by atoms with Gasteiger partial charge < -0.3 is 5.32 Å². The van der Waals surface area contributed by atoms with E-state index in [1.165, 1.54) is 7.05 Å². The van der Waals surface area contributed by atoms with E-state index in [2.05, 4.69) is 4.98 Å². The summed E-state index contributed by atoms with van der Waals surface area (Å²) in [4.78, 5) is 13.8. The summed E-state index contributed by atoms with van der Waals surface area (Å²) in [6.07, 6.45) is -4.18. The zero-order valence-electron chi connectivity index (χ0n) is 7.52. The Bertz CT molecular complexity index is 389. The molecule has 0 aliphatic heterocycles. The Labute approximate surface area is 82.1 Å². The van der Waals surface area contributed by atoms with Gasteiger partial charge in [0.2, 0.25) is 0 Å². The second kappa shape index (κ2) is 3.84. The molecule has 0 radical (unpaired) electrons. The van der Waals surface area contributed by atoms with Gasteiger partial charge in [-0.05, 0) is 6.07 Å². The molecule has 0 unspecified atom stereocenters. The molecule has 7 heteroatoms. The fourth-order valence-corrected chi connectivity index (χ4v) is 0.951. The summed E-state index contributed by atoms with van der Waals surface area (Å²) in [6, 6.07) is 0.878. The number of alkyl halides is 3. The molecular weight excluding hydrogens is 216 g/mol. The van der Waals surface area contributed by atoms with Crippen molar-refractivity contribution in [3.05, 3.63) is 29.3 Å². The van der Waals surface area contributed by atoms with Crippen molar-refractivity contribution in [1.82, 2.24) is 10.3 Å². The first-order chi connectivity index (χ1) is 6.88.